The summed E-state index contributed by atoms with van der Waals surface area (Å²) < 4.78 is 37.5. The van der Waals surface area contributed by atoms with Gasteiger partial charge < -0.3 is 11.1 Å². The largest absolute Gasteiger partial charge is 0.417 e. The van der Waals surface area contributed by atoms with Gasteiger partial charge in [0.2, 0.25) is 5.91 Å². The highest BCUT2D eigenvalue weighted by atomic mass is 32.2. The quantitative estimate of drug-likeness (QED) is 0.752. The lowest BCUT2D eigenvalue weighted by molar-refractivity contribution is -0.137. The zero-order valence-corrected chi connectivity index (χ0v) is 15.0. The van der Waals surface area contributed by atoms with Crippen LogP contribution in [0.1, 0.15) is 32.8 Å². The number of aryl methyl sites for hydroxylation is 1. The summed E-state index contributed by atoms with van der Waals surface area (Å²) in [4.78, 5) is 28.6. The number of thioether (sulfide) groups is 1. The Balaban J connectivity index is 1.62. The second-order valence-corrected chi connectivity index (χ2v) is 7.75. The summed E-state index contributed by atoms with van der Waals surface area (Å²) in [5.41, 5.74) is 5.87. The number of nitrogens with zero attached hydrogens (tertiary/aromatic N) is 1. The maximum Gasteiger partial charge on any atom is 0.417 e. The number of hydrogen-bond donors (Lipinski definition) is 2. The summed E-state index contributed by atoms with van der Waals surface area (Å²) in [6, 6.07) is 2.14. The van der Waals surface area contributed by atoms with Crippen molar-refractivity contribution in [2.75, 3.05) is 11.1 Å². The van der Waals surface area contributed by atoms with Crippen LogP contribution in [0.4, 0.5) is 18.2 Å². The predicted molar refractivity (Wildman–Crippen MR) is 93.5 cm³/mol. The van der Waals surface area contributed by atoms with Crippen LogP contribution in [-0.2, 0) is 23.8 Å². The lowest BCUT2D eigenvalue weighted by atomic mass is 10.1. The third-order valence-electron chi connectivity index (χ3n) is 3.84. The number of aromatic nitrogens is 1. The number of anilines is 1. The van der Waals surface area contributed by atoms with Crippen molar-refractivity contribution < 1.29 is 22.8 Å². The molecular weight excluding hydrogens is 387 g/mol. The number of nitrogens with two attached hydrogens (primary N) is 1. The van der Waals surface area contributed by atoms with Gasteiger partial charge in [0, 0.05) is 11.1 Å². The van der Waals surface area contributed by atoms with E-state index in [-0.39, 0.29) is 11.7 Å². The Kier molecular flexibility index (Phi) is 5.24. The Morgan fingerprint density at radius 3 is 2.69 bits per heavy atom. The first kappa shape index (κ1) is 18.7. The molecule has 2 aromatic rings. The highest BCUT2D eigenvalue weighted by molar-refractivity contribution is 7.99. The topological polar surface area (TPSA) is 85.1 Å². The van der Waals surface area contributed by atoms with E-state index in [1.165, 1.54) is 17.4 Å². The van der Waals surface area contributed by atoms with E-state index >= 15 is 0 Å². The summed E-state index contributed by atoms with van der Waals surface area (Å²) in [6.07, 6.45) is -1.12. The molecule has 5 nitrogen and oxygen atoms in total. The number of pyridine rings is 1. The SMILES string of the molecule is NC(=O)c1c(NC(=O)CSc2ccc(C(F)(F)F)cn2)sc2c1CCC2. The van der Waals surface area contributed by atoms with Crippen LogP contribution in [0.5, 0.6) is 0 Å². The molecule has 1 aliphatic rings. The average Bonchev–Trinajstić information content (AvgIpc) is 3.12. The Labute approximate surface area is 155 Å². The van der Waals surface area contributed by atoms with Gasteiger partial charge in [-0.05, 0) is 37.0 Å². The first-order valence-corrected chi connectivity index (χ1v) is 9.46. The maximum atomic E-state index is 12.5. The molecule has 2 heterocycles. The molecule has 138 valence electrons. The summed E-state index contributed by atoms with van der Waals surface area (Å²) in [5.74, 6) is -0.991. The first-order chi connectivity index (χ1) is 12.3. The van der Waals surface area contributed by atoms with E-state index < -0.39 is 17.6 Å². The molecule has 1 aliphatic carbocycles. The van der Waals surface area contributed by atoms with Crippen LogP contribution in [-0.4, -0.2) is 22.6 Å². The molecule has 0 atom stereocenters. The standard InChI is InChI=1S/C16H14F3N3O2S2/c17-16(18,19)8-4-5-12(21-6-8)25-7-11(23)22-15-13(14(20)24)9-2-1-3-10(9)26-15/h4-6H,1-3,7H2,(H2,20,24)(H,22,23). The molecule has 0 aromatic carbocycles. The van der Waals surface area contributed by atoms with Crippen molar-refractivity contribution >= 4 is 39.9 Å². The summed E-state index contributed by atoms with van der Waals surface area (Å²) >= 11 is 2.36. The monoisotopic (exact) mass is 401 g/mol. The van der Waals surface area contributed by atoms with Crippen molar-refractivity contribution in [3.05, 3.63) is 39.9 Å². The van der Waals surface area contributed by atoms with E-state index in [9.17, 15) is 22.8 Å². The molecule has 2 amide bonds. The second kappa shape index (κ2) is 7.28. The molecule has 0 aliphatic heterocycles. The number of primary amides is 1. The van der Waals surface area contributed by atoms with E-state index in [1.807, 2.05) is 0 Å². The van der Waals surface area contributed by atoms with Crippen LogP contribution in [0.25, 0.3) is 0 Å². The molecule has 0 unspecified atom stereocenters. The number of fused-ring (bicyclic) bond motifs is 1. The fraction of sp³-hybridized carbons (Fsp3) is 0.312. The zero-order chi connectivity index (χ0) is 18.9. The minimum atomic E-state index is -4.45. The lowest BCUT2D eigenvalue weighted by Crippen LogP contribution is -2.19. The molecule has 10 heteroatoms. The summed E-state index contributed by atoms with van der Waals surface area (Å²) in [7, 11) is 0. The molecule has 0 radical (unpaired) electrons. The molecule has 2 aromatic heterocycles. The van der Waals surface area contributed by atoms with Gasteiger partial charge in [0.25, 0.3) is 5.91 Å². The third kappa shape index (κ3) is 4.01. The Morgan fingerprint density at radius 1 is 1.31 bits per heavy atom. The van der Waals surface area contributed by atoms with Crippen molar-refractivity contribution in [2.45, 2.75) is 30.5 Å². The molecule has 0 saturated heterocycles. The molecule has 0 bridgehead atoms. The average molecular weight is 401 g/mol. The number of rotatable bonds is 5. The van der Waals surface area contributed by atoms with Gasteiger partial charge >= 0.3 is 6.18 Å². The normalized spacial score (nSPS) is 13.5. The van der Waals surface area contributed by atoms with Crippen LogP contribution >= 0.6 is 23.1 Å². The highest BCUT2D eigenvalue weighted by Gasteiger charge is 2.30. The van der Waals surface area contributed by atoms with Crippen molar-refractivity contribution in [1.29, 1.82) is 0 Å². The lowest BCUT2D eigenvalue weighted by Gasteiger charge is -2.07. The molecule has 3 rings (SSSR count). The minimum absolute atomic E-state index is 0.0425. The van der Waals surface area contributed by atoms with Crippen molar-refractivity contribution in [3.63, 3.8) is 0 Å². The van der Waals surface area contributed by atoms with Crippen LogP contribution in [0.3, 0.4) is 0 Å². The van der Waals surface area contributed by atoms with Gasteiger partial charge in [-0.3, -0.25) is 9.59 Å². The van der Waals surface area contributed by atoms with E-state index in [1.54, 1.807) is 0 Å². The second-order valence-electron chi connectivity index (χ2n) is 5.65. The van der Waals surface area contributed by atoms with Crippen molar-refractivity contribution in [2.24, 2.45) is 5.73 Å². The van der Waals surface area contributed by atoms with Gasteiger partial charge in [-0.15, -0.1) is 11.3 Å². The van der Waals surface area contributed by atoms with Gasteiger partial charge in [0.1, 0.15) is 5.00 Å². The van der Waals surface area contributed by atoms with Crippen molar-refractivity contribution in [3.8, 4) is 0 Å². The summed E-state index contributed by atoms with van der Waals surface area (Å²) in [6.45, 7) is 0. The maximum absolute atomic E-state index is 12.5. The number of halogens is 3. The minimum Gasteiger partial charge on any atom is -0.365 e. The Morgan fingerprint density at radius 2 is 2.08 bits per heavy atom. The molecule has 0 saturated carbocycles. The molecule has 0 fully saturated rings. The van der Waals surface area contributed by atoms with E-state index in [2.05, 4.69) is 10.3 Å². The summed E-state index contributed by atoms with van der Waals surface area (Å²) in [5, 5.41) is 3.42. The first-order valence-electron chi connectivity index (χ1n) is 7.66. The van der Waals surface area contributed by atoms with Crippen LogP contribution in [0, 0.1) is 0 Å². The van der Waals surface area contributed by atoms with E-state index in [0.717, 1.165) is 53.7 Å². The molecule has 0 spiro atoms. The van der Waals surface area contributed by atoms with Crippen LogP contribution in [0.2, 0.25) is 0 Å². The third-order valence-corrected chi connectivity index (χ3v) is 5.99. The number of thiophene rings is 1. The Hall–Kier alpha value is -2.07. The number of carbonyl (C=O) groups excluding carboxylic acids is 2. The number of alkyl halides is 3. The van der Waals surface area contributed by atoms with Crippen LogP contribution in [0.15, 0.2) is 23.4 Å². The highest BCUT2D eigenvalue weighted by Crippen LogP contribution is 2.39. The van der Waals surface area contributed by atoms with Crippen molar-refractivity contribution in [1.82, 2.24) is 4.98 Å². The molecule has 3 N–H and O–H groups in total. The zero-order valence-electron chi connectivity index (χ0n) is 13.4. The Bertz CT molecular complexity index is 848. The van der Waals surface area contributed by atoms with Gasteiger partial charge in [-0.1, -0.05) is 11.8 Å². The van der Waals surface area contributed by atoms with Gasteiger partial charge in [0.15, 0.2) is 0 Å². The number of hydrogen-bond acceptors (Lipinski definition) is 5. The van der Waals surface area contributed by atoms with Crippen LogP contribution < -0.4 is 11.1 Å². The molecular formula is C16H14F3N3O2S2. The van der Waals surface area contributed by atoms with Gasteiger partial charge in [-0.25, -0.2) is 4.98 Å². The number of nitrogens with one attached hydrogen (secondary N) is 1. The fourth-order valence-electron chi connectivity index (χ4n) is 2.69. The molecule has 26 heavy (non-hydrogen) atoms. The van der Waals surface area contributed by atoms with Gasteiger partial charge in [0.05, 0.1) is 21.9 Å². The fourth-order valence-corrected chi connectivity index (χ4v) is 4.64. The predicted octanol–water partition coefficient (Wildman–Crippen LogP) is 3.48. The van der Waals surface area contributed by atoms with Gasteiger partial charge in [-0.2, -0.15) is 13.2 Å². The van der Waals surface area contributed by atoms with E-state index in [0.29, 0.717) is 15.6 Å². The smallest absolute Gasteiger partial charge is 0.365 e. The van der Waals surface area contributed by atoms with E-state index in [4.69, 9.17) is 5.73 Å². The number of carbonyl (C=O) groups is 2. The number of amides is 2.